The lowest BCUT2D eigenvalue weighted by molar-refractivity contribution is -0.149. The molecule has 1 aliphatic carbocycles. The standard InChI is InChI=1S/C23H30FN6O6P/c1-13(2)35-23(32)14(3)29-37(33,36-16-7-5-4-6-8-16)34-10-15-9-17(18(24)20(15)31)30-12-28-19-21(25)26-11-27-22(19)30/h4-8,11-15,17-18,20,31H,9-10H2,1-3H3,(H,29,33)(H2,25,26,27)/t14-,15+,17+,18-,20+,37-/m0/s1. The molecular formula is C23H30FN6O6P. The van der Waals surface area contributed by atoms with Crippen molar-refractivity contribution >= 4 is 30.7 Å². The summed E-state index contributed by atoms with van der Waals surface area (Å²) in [5, 5.41) is 13.2. The van der Waals surface area contributed by atoms with Crippen molar-refractivity contribution in [2.45, 2.75) is 57.7 Å². The lowest BCUT2D eigenvalue weighted by atomic mass is 10.1. The summed E-state index contributed by atoms with van der Waals surface area (Å²) < 4.78 is 46.8. The normalized spacial score (nSPS) is 24.2. The summed E-state index contributed by atoms with van der Waals surface area (Å²) in [6.07, 6.45) is -0.688. The van der Waals surface area contributed by atoms with Crippen LogP contribution in [0.2, 0.25) is 0 Å². The van der Waals surface area contributed by atoms with E-state index in [2.05, 4.69) is 20.0 Å². The molecular weight excluding hydrogens is 506 g/mol. The van der Waals surface area contributed by atoms with Crippen LogP contribution in [0.1, 0.15) is 33.2 Å². The second-order valence-corrected chi connectivity index (χ2v) is 10.8. The number of hydrogen-bond donors (Lipinski definition) is 3. The van der Waals surface area contributed by atoms with Crippen molar-refractivity contribution in [2.24, 2.45) is 5.92 Å². The Bertz CT molecular complexity index is 1280. The maximum atomic E-state index is 15.2. The molecule has 6 atom stereocenters. The molecule has 1 aliphatic rings. The van der Waals surface area contributed by atoms with Crippen molar-refractivity contribution in [2.75, 3.05) is 12.3 Å². The zero-order valence-corrected chi connectivity index (χ0v) is 21.5. The van der Waals surface area contributed by atoms with Gasteiger partial charge in [0.25, 0.3) is 0 Å². The zero-order chi connectivity index (χ0) is 26.7. The summed E-state index contributed by atoms with van der Waals surface area (Å²) in [7, 11) is -4.16. The fourth-order valence-corrected chi connectivity index (χ4v) is 5.69. The van der Waals surface area contributed by atoms with E-state index in [1.165, 1.54) is 24.1 Å². The number of alkyl halides is 1. The first kappa shape index (κ1) is 26.9. The third-order valence-corrected chi connectivity index (χ3v) is 7.59. The summed E-state index contributed by atoms with van der Waals surface area (Å²) in [4.78, 5) is 24.5. The molecule has 1 fully saturated rings. The summed E-state index contributed by atoms with van der Waals surface area (Å²) in [5.74, 6) is -0.997. The third-order valence-electron chi connectivity index (χ3n) is 5.95. The van der Waals surface area contributed by atoms with Crippen molar-refractivity contribution < 1.29 is 32.6 Å². The number of nitrogens with two attached hydrogens (primary N) is 1. The molecule has 2 aromatic heterocycles. The molecule has 2 heterocycles. The van der Waals surface area contributed by atoms with Crippen LogP contribution in [0.3, 0.4) is 0 Å². The highest BCUT2D eigenvalue weighted by atomic mass is 31.2. The van der Waals surface area contributed by atoms with Crippen molar-refractivity contribution in [1.29, 1.82) is 0 Å². The van der Waals surface area contributed by atoms with Gasteiger partial charge in [-0.3, -0.25) is 9.32 Å². The molecule has 12 nitrogen and oxygen atoms in total. The molecule has 1 saturated carbocycles. The second kappa shape index (κ2) is 11.1. The molecule has 0 amide bonds. The number of esters is 1. The number of aromatic nitrogens is 4. The summed E-state index contributed by atoms with van der Waals surface area (Å²) >= 11 is 0. The summed E-state index contributed by atoms with van der Waals surface area (Å²) in [6.45, 7) is 4.53. The second-order valence-electron chi connectivity index (χ2n) is 9.12. The highest BCUT2D eigenvalue weighted by Gasteiger charge is 2.46. The van der Waals surface area contributed by atoms with Gasteiger partial charge in [-0.15, -0.1) is 0 Å². The molecule has 0 radical (unpaired) electrons. The zero-order valence-electron chi connectivity index (χ0n) is 20.6. The smallest absolute Gasteiger partial charge is 0.459 e. The predicted molar refractivity (Wildman–Crippen MR) is 132 cm³/mol. The van der Waals surface area contributed by atoms with Crippen LogP contribution in [-0.2, 0) is 18.6 Å². The molecule has 0 unspecified atom stereocenters. The van der Waals surface area contributed by atoms with Gasteiger partial charge in [-0.25, -0.2) is 23.9 Å². The number of aliphatic hydroxyl groups excluding tert-OH is 1. The SMILES string of the molecule is CC(C)OC(=O)[C@H](C)N[P@](=O)(OC[C@H]1C[C@@H](n2cnc3c(N)ncnc32)[C@H](F)[C@@H]1O)Oc1ccccc1. The van der Waals surface area contributed by atoms with E-state index in [1.54, 1.807) is 44.2 Å². The first-order valence-corrected chi connectivity index (χ1v) is 13.3. The molecule has 14 heteroatoms. The van der Waals surface area contributed by atoms with Crippen LogP contribution < -0.4 is 15.3 Å². The number of carbonyl (C=O) groups is 1. The minimum atomic E-state index is -4.16. The first-order valence-electron chi connectivity index (χ1n) is 11.8. The Hall–Kier alpha value is -3.12. The number of fused-ring (bicyclic) bond motifs is 1. The maximum Gasteiger partial charge on any atom is 0.459 e. The van der Waals surface area contributed by atoms with Crippen LogP contribution in [-0.4, -0.2) is 61.6 Å². The topological polar surface area (TPSA) is 164 Å². The van der Waals surface area contributed by atoms with E-state index in [4.69, 9.17) is 19.5 Å². The Morgan fingerprint density at radius 1 is 1.27 bits per heavy atom. The number of anilines is 1. The number of nitrogen functional groups attached to an aromatic ring is 1. The highest BCUT2D eigenvalue weighted by molar-refractivity contribution is 7.52. The molecule has 0 saturated heterocycles. The highest BCUT2D eigenvalue weighted by Crippen LogP contribution is 2.47. The van der Waals surface area contributed by atoms with E-state index in [0.717, 1.165) is 0 Å². The van der Waals surface area contributed by atoms with Gasteiger partial charge in [-0.1, -0.05) is 18.2 Å². The van der Waals surface area contributed by atoms with Crippen LogP contribution in [0.15, 0.2) is 43.0 Å². The lowest BCUT2D eigenvalue weighted by Crippen LogP contribution is -2.37. The van der Waals surface area contributed by atoms with E-state index in [-0.39, 0.29) is 30.7 Å². The minimum absolute atomic E-state index is 0.133. The quantitative estimate of drug-likeness (QED) is 0.258. The fourth-order valence-electron chi connectivity index (χ4n) is 4.14. The number of hydrogen-bond acceptors (Lipinski definition) is 10. The van der Waals surface area contributed by atoms with Crippen molar-refractivity contribution in [1.82, 2.24) is 24.6 Å². The van der Waals surface area contributed by atoms with Gasteiger partial charge in [0.05, 0.1) is 31.2 Å². The van der Waals surface area contributed by atoms with Crippen LogP contribution in [0.5, 0.6) is 5.75 Å². The monoisotopic (exact) mass is 536 g/mol. The number of carbonyl (C=O) groups excluding carboxylic acids is 1. The van der Waals surface area contributed by atoms with Crippen LogP contribution >= 0.6 is 7.75 Å². The van der Waals surface area contributed by atoms with Crippen molar-refractivity contribution in [3.8, 4) is 5.75 Å². The average molecular weight is 537 g/mol. The lowest BCUT2D eigenvalue weighted by Gasteiger charge is -2.25. The van der Waals surface area contributed by atoms with Gasteiger partial charge >= 0.3 is 13.7 Å². The predicted octanol–water partition coefficient (Wildman–Crippen LogP) is 2.80. The Balaban J connectivity index is 1.50. The van der Waals surface area contributed by atoms with E-state index >= 15 is 4.39 Å². The molecule has 3 aromatic rings. The van der Waals surface area contributed by atoms with Gasteiger partial charge in [-0.2, -0.15) is 5.09 Å². The number of nitrogens with one attached hydrogen (secondary N) is 1. The van der Waals surface area contributed by atoms with Crippen LogP contribution in [0, 0.1) is 5.92 Å². The Morgan fingerprint density at radius 2 is 2.00 bits per heavy atom. The molecule has 0 aliphatic heterocycles. The molecule has 1 aromatic carbocycles. The number of halogens is 1. The number of aliphatic hydroxyl groups is 1. The molecule has 200 valence electrons. The Morgan fingerprint density at radius 3 is 2.70 bits per heavy atom. The van der Waals surface area contributed by atoms with Crippen molar-refractivity contribution in [3.05, 3.63) is 43.0 Å². The maximum absolute atomic E-state index is 15.2. The number of imidazole rings is 1. The third kappa shape index (κ3) is 6.07. The molecule has 0 spiro atoms. The number of nitrogens with zero attached hydrogens (tertiary/aromatic N) is 4. The van der Waals surface area contributed by atoms with Gasteiger partial charge in [0.2, 0.25) is 0 Å². The van der Waals surface area contributed by atoms with E-state index in [0.29, 0.717) is 11.2 Å². The minimum Gasteiger partial charge on any atom is -0.462 e. The number of benzene rings is 1. The number of para-hydroxylation sites is 1. The molecule has 4 rings (SSSR count). The Labute approximate surface area is 212 Å². The molecule has 4 N–H and O–H groups in total. The molecule has 37 heavy (non-hydrogen) atoms. The van der Waals surface area contributed by atoms with Crippen LogP contribution in [0.25, 0.3) is 11.2 Å². The average Bonchev–Trinajstić information content (AvgIpc) is 3.40. The number of ether oxygens (including phenoxy) is 1. The van der Waals surface area contributed by atoms with Gasteiger partial charge in [0.15, 0.2) is 11.5 Å². The van der Waals surface area contributed by atoms with Crippen molar-refractivity contribution in [3.63, 3.8) is 0 Å². The van der Waals surface area contributed by atoms with Gasteiger partial charge < -0.3 is 24.7 Å². The van der Waals surface area contributed by atoms with Gasteiger partial charge in [0, 0.05) is 5.92 Å². The summed E-state index contributed by atoms with van der Waals surface area (Å²) in [5.41, 5.74) is 6.50. The van der Waals surface area contributed by atoms with E-state index in [1.807, 2.05) is 0 Å². The number of rotatable bonds is 10. The first-order chi connectivity index (χ1) is 17.6. The van der Waals surface area contributed by atoms with Crippen LogP contribution in [0.4, 0.5) is 10.2 Å². The summed E-state index contributed by atoms with van der Waals surface area (Å²) in [6, 6.07) is 6.42. The van der Waals surface area contributed by atoms with E-state index in [9.17, 15) is 14.5 Å². The molecule has 0 bridgehead atoms. The Kier molecular flexibility index (Phi) is 8.08. The van der Waals surface area contributed by atoms with E-state index < -0.39 is 44.0 Å². The largest absolute Gasteiger partial charge is 0.462 e. The van der Waals surface area contributed by atoms with Gasteiger partial charge in [0.1, 0.15) is 29.8 Å². The van der Waals surface area contributed by atoms with Gasteiger partial charge in [-0.05, 0) is 39.3 Å². The fraction of sp³-hybridized carbons (Fsp3) is 0.478.